The fourth-order valence-corrected chi connectivity index (χ4v) is 1.61. The number of fused-ring (bicyclic) bond motifs is 1. The minimum absolute atomic E-state index is 0.249. The Labute approximate surface area is 108 Å². The first-order chi connectivity index (χ1) is 8.97. The van der Waals surface area contributed by atoms with E-state index in [9.17, 15) is 14.4 Å². The molecular formula is C12H12N2O5. The van der Waals surface area contributed by atoms with Gasteiger partial charge in [0, 0.05) is 5.56 Å². The van der Waals surface area contributed by atoms with E-state index in [1.165, 1.54) is 12.1 Å². The van der Waals surface area contributed by atoms with Gasteiger partial charge in [-0.25, -0.2) is 0 Å². The van der Waals surface area contributed by atoms with Gasteiger partial charge in [-0.15, -0.1) is 0 Å². The molecule has 0 saturated carbocycles. The van der Waals surface area contributed by atoms with Crippen LogP contribution < -0.4 is 15.4 Å². The Hall–Kier alpha value is -2.57. The molecule has 1 aliphatic rings. The molecule has 1 aliphatic heterocycles. The maximum atomic E-state index is 11.7. The van der Waals surface area contributed by atoms with Gasteiger partial charge in [-0.05, 0) is 25.1 Å². The Bertz CT molecular complexity index is 555. The summed E-state index contributed by atoms with van der Waals surface area (Å²) in [4.78, 5) is 33.4. The van der Waals surface area contributed by atoms with Crippen molar-refractivity contribution in [2.24, 2.45) is 0 Å². The summed E-state index contributed by atoms with van der Waals surface area (Å²) in [7, 11) is 0. The molecule has 0 spiro atoms. The van der Waals surface area contributed by atoms with Gasteiger partial charge in [0.2, 0.25) is 0 Å². The third-order valence-corrected chi connectivity index (χ3v) is 2.57. The highest BCUT2D eigenvalue weighted by Crippen LogP contribution is 2.30. The largest absolute Gasteiger partial charge is 0.480 e. The van der Waals surface area contributed by atoms with Gasteiger partial charge in [-0.2, -0.15) is 0 Å². The fraction of sp³-hybridized carbons (Fsp3) is 0.250. The molecular weight excluding hydrogens is 252 g/mol. The number of aliphatic carboxylic acids is 1. The number of hydrogen-bond donors (Lipinski definition) is 3. The van der Waals surface area contributed by atoms with Crippen molar-refractivity contribution in [1.29, 1.82) is 0 Å². The lowest BCUT2D eigenvalue weighted by atomic mass is 10.1. The number of carboxylic acids is 1. The standard InChI is InChI=1S/C12H12N2O5/c1-6-11(17)14-8-4-7(2-3-9(8)19-6)12(18)13-5-10(15)16/h2-4,6H,5H2,1H3,(H,13,18)(H,14,17)(H,15,16). The molecule has 0 fully saturated rings. The molecule has 1 aromatic carbocycles. The van der Waals surface area contributed by atoms with Crippen molar-refractivity contribution in [3.63, 3.8) is 0 Å². The first-order valence-corrected chi connectivity index (χ1v) is 5.59. The van der Waals surface area contributed by atoms with Crippen molar-refractivity contribution in [2.75, 3.05) is 11.9 Å². The predicted molar refractivity (Wildman–Crippen MR) is 65.1 cm³/mol. The number of carbonyl (C=O) groups excluding carboxylic acids is 2. The van der Waals surface area contributed by atoms with Crippen LogP contribution in [0.3, 0.4) is 0 Å². The Morgan fingerprint density at radius 1 is 1.47 bits per heavy atom. The Morgan fingerprint density at radius 3 is 2.89 bits per heavy atom. The van der Waals surface area contributed by atoms with Crippen molar-refractivity contribution in [3.8, 4) is 5.75 Å². The topological polar surface area (TPSA) is 105 Å². The number of nitrogens with one attached hydrogen (secondary N) is 2. The van der Waals surface area contributed by atoms with Crippen LogP contribution in [0.4, 0.5) is 5.69 Å². The van der Waals surface area contributed by atoms with E-state index in [1.807, 2.05) is 0 Å². The summed E-state index contributed by atoms with van der Waals surface area (Å²) in [5.41, 5.74) is 0.643. The molecule has 19 heavy (non-hydrogen) atoms. The van der Waals surface area contributed by atoms with Crippen molar-refractivity contribution in [2.45, 2.75) is 13.0 Å². The summed E-state index contributed by atoms with van der Waals surface area (Å²) in [5, 5.41) is 13.3. The lowest BCUT2D eigenvalue weighted by Gasteiger charge is -2.23. The second-order valence-corrected chi connectivity index (χ2v) is 4.04. The molecule has 3 N–H and O–H groups in total. The number of carboxylic acid groups (broad SMARTS) is 1. The Balaban J connectivity index is 2.17. The monoisotopic (exact) mass is 264 g/mol. The van der Waals surface area contributed by atoms with E-state index in [4.69, 9.17) is 9.84 Å². The minimum Gasteiger partial charge on any atom is -0.480 e. The summed E-state index contributed by atoms with van der Waals surface area (Å²) >= 11 is 0. The summed E-state index contributed by atoms with van der Waals surface area (Å²) in [5.74, 6) is -1.48. The van der Waals surface area contributed by atoms with E-state index in [0.717, 1.165) is 0 Å². The number of amides is 2. The van der Waals surface area contributed by atoms with Crippen LogP contribution in [0.5, 0.6) is 5.75 Å². The van der Waals surface area contributed by atoms with Gasteiger partial charge in [0.15, 0.2) is 6.10 Å². The van der Waals surface area contributed by atoms with Crippen molar-refractivity contribution < 1.29 is 24.2 Å². The van der Waals surface area contributed by atoms with Gasteiger partial charge in [-0.1, -0.05) is 0 Å². The van der Waals surface area contributed by atoms with Gasteiger partial charge in [0.1, 0.15) is 12.3 Å². The smallest absolute Gasteiger partial charge is 0.322 e. The van der Waals surface area contributed by atoms with Gasteiger partial charge in [0.05, 0.1) is 5.69 Å². The SMILES string of the molecule is CC1Oc2ccc(C(=O)NCC(=O)O)cc2NC1=O. The average molecular weight is 264 g/mol. The molecule has 0 aliphatic carbocycles. The molecule has 7 heteroatoms. The number of benzene rings is 1. The lowest BCUT2D eigenvalue weighted by molar-refractivity contribution is -0.135. The van der Waals surface area contributed by atoms with Crippen LogP contribution in [0.1, 0.15) is 17.3 Å². The first-order valence-electron chi connectivity index (χ1n) is 5.59. The first kappa shape index (κ1) is 12.9. The number of rotatable bonds is 3. The zero-order valence-electron chi connectivity index (χ0n) is 10.1. The molecule has 7 nitrogen and oxygen atoms in total. The van der Waals surface area contributed by atoms with Gasteiger partial charge < -0.3 is 20.5 Å². The average Bonchev–Trinajstić information content (AvgIpc) is 2.36. The maximum absolute atomic E-state index is 11.7. The van der Waals surface area contributed by atoms with E-state index >= 15 is 0 Å². The maximum Gasteiger partial charge on any atom is 0.322 e. The van der Waals surface area contributed by atoms with Crippen LogP contribution in [-0.4, -0.2) is 35.5 Å². The summed E-state index contributed by atoms with van der Waals surface area (Å²) < 4.78 is 5.34. The molecule has 0 saturated heterocycles. The molecule has 0 radical (unpaired) electrons. The lowest BCUT2D eigenvalue weighted by Crippen LogP contribution is -2.34. The predicted octanol–water partition coefficient (Wildman–Crippen LogP) is 0.220. The molecule has 0 aromatic heterocycles. The number of hydrogen-bond acceptors (Lipinski definition) is 4. The molecule has 1 unspecified atom stereocenters. The quantitative estimate of drug-likeness (QED) is 0.724. The van der Waals surface area contributed by atoms with Crippen molar-refractivity contribution >= 4 is 23.5 Å². The molecule has 2 amide bonds. The minimum atomic E-state index is -1.13. The third kappa shape index (κ3) is 2.82. The normalized spacial score (nSPS) is 16.9. The van der Waals surface area contributed by atoms with E-state index in [0.29, 0.717) is 11.4 Å². The summed E-state index contributed by atoms with van der Waals surface area (Å²) in [6, 6.07) is 4.50. The van der Waals surface area contributed by atoms with Gasteiger partial charge in [-0.3, -0.25) is 14.4 Å². The molecule has 1 heterocycles. The van der Waals surface area contributed by atoms with Crippen LogP contribution >= 0.6 is 0 Å². The van der Waals surface area contributed by atoms with E-state index < -0.39 is 24.5 Å². The van der Waals surface area contributed by atoms with E-state index in [1.54, 1.807) is 13.0 Å². The van der Waals surface area contributed by atoms with Crippen molar-refractivity contribution in [3.05, 3.63) is 23.8 Å². The molecule has 100 valence electrons. The van der Waals surface area contributed by atoms with E-state index in [2.05, 4.69) is 10.6 Å². The summed E-state index contributed by atoms with van der Waals surface area (Å²) in [6.07, 6.45) is -0.584. The van der Waals surface area contributed by atoms with Gasteiger partial charge >= 0.3 is 5.97 Å². The number of anilines is 1. The Kier molecular flexibility index (Phi) is 3.37. The summed E-state index contributed by atoms with van der Waals surface area (Å²) in [6.45, 7) is 1.15. The fourth-order valence-electron chi connectivity index (χ4n) is 1.61. The highest BCUT2D eigenvalue weighted by molar-refractivity contribution is 6.01. The highest BCUT2D eigenvalue weighted by atomic mass is 16.5. The number of carbonyl (C=O) groups is 3. The van der Waals surface area contributed by atoms with E-state index in [-0.39, 0.29) is 11.5 Å². The second kappa shape index (κ2) is 4.97. The second-order valence-electron chi connectivity index (χ2n) is 4.04. The highest BCUT2D eigenvalue weighted by Gasteiger charge is 2.24. The van der Waals surface area contributed by atoms with Crippen LogP contribution in [0.2, 0.25) is 0 Å². The van der Waals surface area contributed by atoms with Crippen LogP contribution in [0.15, 0.2) is 18.2 Å². The Morgan fingerprint density at radius 2 is 2.21 bits per heavy atom. The zero-order valence-corrected chi connectivity index (χ0v) is 10.1. The van der Waals surface area contributed by atoms with Gasteiger partial charge in [0.25, 0.3) is 11.8 Å². The third-order valence-electron chi connectivity index (χ3n) is 2.57. The number of ether oxygens (including phenoxy) is 1. The van der Waals surface area contributed by atoms with Crippen LogP contribution in [0.25, 0.3) is 0 Å². The molecule has 2 rings (SSSR count). The van der Waals surface area contributed by atoms with Crippen molar-refractivity contribution in [1.82, 2.24) is 5.32 Å². The molecule has 1 aromatic rings. The van der Waals surface area contributed by atoms with Crippen LogP contribution in [-0.2, 0) is 9.59 Å². The zero-order chi connectivity index (χ0) is 14.0. The molecule has 1 atom stereocenters. The van der Waals surface area contributed by atoms with Crippen LogP contribution in [0, 0.1) is 0 Å². The molecule has 0 bridgehead atoms.